The molecule has 1 heterocycles. The molecule has 0 bridgehead atoms. The van der Waals surface area contributed by atoms with E-state index in [-0.39, 0.29) is 5.78 Å². The first-order valence-electron chi connectivity index (χ1n) is 7.11. The molecule has 106 valence electrons. The third-order valence-corrected chi connectivity index (χ3v) is 3.68. The molecule has 1 aromatic heterocycles. The largest absolute Gasteiger partial charge is 0.299 e. The summed E-state index contributed by atoms with van der Waals surface area (Å²) in [6.45, 7) is 2.04. The molecule has 0 aliphatic heterocycles. The van der Waals surface area contributed by atoms with Crippen LogP contribution in [0.4, 0.5) is 0 Å². The highest BCUT2D eigenvalue weighted by molar-refractivity contribution is 5.89. The maximum Gasteiger partial charge on any atom is 0.143 e. The minimum atomic E-state index is 0.199. The van der Waals surface area contributed by atoms with Gasteiger partial charge >= 0.3 is 0 Å². The summed E-state index contributed by atoms with van der Waals surface area (Å²) in [6.07, 6.45) is 0.849. The van der Waals surface area contributed by atoms with Crippen molar-refractivity contribution in [3.05, 3.63) is 65.4 Å². The van der Waals surface area contributed by atoms with Crippen molar-refractivity contribution < 1.29 is 4.79 Å². The van der Waals surface area contributed by atoms with Gasteiger partial charge in [-0.05, 0) is 18.6 Å². The number of nitrogens with zero attached hydrogens (tertiary/aromatic N) is 2. The Balaban J connectivity index is 1.80. The Morgan fingerprint density at radius 3 is 2.71 bits per heavy atom. The molecule has 3 heteroatoms. The van der Waals surface area contributed by atoms with Gasteiger partial charge in [-0.1, -0.05) is 48.0 Å². The van der Waals surface area contributed by atoms with Gasteiger partial charge in [-0.3, -0.25) is 9.48 Å². The molecular formula is C18H18N2O. The van der Waals surface area contributed by atoms with E-state index in [1.54, 1.807) is 0 Å². The number of ketones is 1. The second-order valence-corrected chi connectivity index (χ2v) is 5.47. The van der Waals surface area contributed by atoms with Gasteiger partial charge in [0.1, 0.15) is 5.78 Å². The van der Waals surface area contributed by atoms with Crippen LogP contribution in [-0.4, -0.2) is 15.6 Å². The molecule has 0 aliphatic rings. The normalized spacial score (nSPS) is 11.0. The fourth-order valence-corrected chi connectivity index (χ4v) is 2.72. The van der Waals surface area contributed by atoms with E-state index in [1.165, 1.54) is 5.56 Å². The summed E-state index contributed by atoms with van der Waals surface area (Å²) in [5.74, 6) is 0.199. The fourth-order valence-electron chi connectivity index (χ4n) is 2.72. The molecule has 2 aromatic carbocycles. The monoisotopic (exact) mass is 278 g/mol. The molecule has 0 saturated heterocycles. The number of fused-ring (bicyclic) bond motifs is 1. The number of aryl methyl sites for hydroxylation is 2. The van der Waals surface area contributed by atoms with E-state index >= 15 is 0 Å². The molecule has 0 unspecified atom stereocenters. The quantitative estimate of drug-likeness (QED) is 0.734. The van der Waals surface area contributed by atoms with Crippen LogP contribution in [0.3, 0.4) is 0 Å². The number of aromatic nitrogens is 2. The van der Waals surface area contributed by atoms with Crippen LogP contribution in [0.1, 0.15) is 16.8 Å². The summed E-state index contributed by atoms with van der Waals surface area (Å²) < 4.78 is 1.84. The number of Topliss-reactive ketones (excluding diaryl/α,β-unsaturated/α-hetero) is 1. The molecule has 3 aromatic rings. The Bertz CT molecular complexity index is 802. The number of benzene rings is 2. The minimum Gasteiger partial charge on any atom is -0.299 e. The van der Waals surface area contributed by atoms with E-state index < -0.39 is 0 Å². The lowest BCUT2D eigenvalue weighted by atomic mass is 10.0. The molecule has 0 spiro atoms. The molecule has 0 atom stereocenters. The van der Waals surface area contributed by atoms with Crippen molar-refractivity contribution in [2.45, 2.75) is 19.8 Å². The second kappa shape index (κ2) is 5.52. The van der Waals surface area contributed by atoms with Crippen LogP contribution in [0, 0.1) is 6.92 Å². The molecular weight excluding hydrogens is 260 g/mol. The molecule has 3 nitrogen and oxygen atoms in total. The molecule has 0 fully saturated rings. The number of rotatable bonds is 4. The van der Waals surface area contributed by atoms with E-state index in [2.05, 4.69) is 11.2 Å². The van der Waals surface area contributed by atoms with Gasteiger partial charge in [0, 0.05) is 18.9 Å². The van der Waals surface area contributed by atoms with Gasteiger partial charge in [0.25, 0.3) is 0 Å². The van der Waals surface area contributed by atoms with Crippen molar-refractivity contribution in [2.24, 2.45) is 7.05 Å². The molecule has 0 N–H and O–H groups in total. The van der Waals surface area contributed by atoms with Gasteiger partial charge in [0.15, 0.2) is 0 Å². The third kappa shape index (κ3) is 2.87. The van der Waals surface area contributed by atoms with Crippen LogP contribution in [-0.2, 0) is 24.7 Å². The summed E-state index contributed by atoms with van der Waals surface area (Å²) in [4.78, 5) is 12.3. The minimum absolute atomic E-state index is 0.199. The standard InChI is InChI=1S/C18H18N2O/c1-13-6-5-7-14(10-13)11-15(21)12-17-16-8-3-4-9-18(16)20(2)19-17/h3-10H,11-12H2,1-2H3. The summed E-state index contributed by atoms with van der Waals surface area (Å²) in [6, 6.07) is 16.1. The highest BCUT2D eigenvalue weighted by Crippen LogP contribution is 2.18. The Kier molecular flexibility index (Phi) is 3.57. The molecule has 3 rings (SSSR count). The highest BCUT2D eigenvalue weighted by Gasteiger charge is 2.12. The number of carbonyl (C=O) groups excluding carboxylic acids is 1. The van der Waals surface area contributed by atoms with Crippen LogP contribution in [0.5, 0.6) is 0 Å². The van der Waals surface area contributed by atoms with Crippen LogP contribution in [0.25, 0.3) is 10.9 Å². The summed E-state index contributed by atoms with van der Waals surface area (Å²) in [7, 11) is 1.91. The number of hydrogen-bond donors (Lipinski definition) is 0. The van der Waals surface area contributed by atoms with Crippen molar-refractivity contribution in [2.75, 3.05) is 0 Å². The van der Waals surface area contributed by atoms with Gasteiger partial charge in [0.05, 0.1) is 17.6 Å². The average Bonchev–Trinajstić information content (AvgIpc) is 2.76. The molecule has 21 heavy (non-hydrogen) atoms. The van der Waals surface area contributed by atoms with Crippen molar-refractivity contribution in [1.82, 2.24) is 9.78 Å². The lowest BCUT2D eigenvalue weighted by Crippen LogP contribution is -2.07. The smallest absolute Gasteiger partial charge is 0.143 e. The zero-order valence-corrected chi connectivity index (χ0v) is 12.3. The highest BCUT2D eigenvalue weighted by atomic mass is 16.1. The van der Waals surface area contributed by atoms with E-state index in [4.69, 9.17) is 0 Å². The Hall–Kier alpha value is -2.42. The Morgan fingerprint density at radius 1 is 1.10 bits per heavy atom. The van der Waals surface area contributed by atoms with Crippen molar-refractivity contribution in [3.8, 4) is 0 Å². The SMILES string of the molecule is Cc1cccc(CC(=O)Cc2nn(C)c3ccccc23)c1. The van der Waals surface area contributed by atoms with Gasteiger partial charge < -0.3 is 0 Å². The van der Waals surface area contributed by atoms with Gasteiger partial charge in [-0.15, -0.1) is 0 Å². The van der Waals surface area contributed by atoms with E-state index in [0.717, 1.165) is 22.2 Å². The summed E-state index contributed by atoms with van der Waals surface area (Å²) in [5.41, 5.74) is 4.19. The van der Waals surface area contributed by atoms with Gasteiger partial charge in [-0.25, -0.2) is 0 Å². The van der Waals surface area contributed by atoms with Crippen LogP contribution < -0.4 is 0 Å². The molecule has 0 amide bonds. The van der Waals surface area contributed by atoms with Crippen molar-refractivity contribution >= 4 is 16.7 Å². The topological polar surface area (TPSA) is 34.9 Å². The summed E-state index contributed by atoms with van der Waals surface area (Å²) >= 11 is 0. The number of carbonyl (C=O) groups is 1. The Morgan fingerprint density at radius 2 is 1.90 bits per heavy atom. The first-order valence-corrected chi connectivity index (χ1v) is 7.11. The fraction of sp³-hybridized carbons (Fsp3) is 0.222. The zero-order valence-electron chi connectivity index (χ0n) is 12.3. The van der Waals surface area contributed by atoms with Crippen LogP contribution in [0.15, 0.2) is 48.5 Å². The van der Waals surface area contributed by atoms with Crippen molar-refractivity contribution in [1.29, 1.82) is 0 Å². The first-order chi connectivity index (χ1) is 10.1. The van der Waals surface area contributed by atoms with E-state index in [1.807, 2.05) is 61.1 Å². The first kappa shape index (κ1) is 13.6. The lowest BCUT2D eigenvalue weighted by Gasteiger charge is -2.01. The lowest BCUT2D eigenvalue weighted by molar-refractivity contribution is -0.117. The van der Waals surface area contributed by atoms with Gasteiger partial charge in [-0.2, -0.15) is 5.10 Å². The average molecular weight is 278 g/mol. The van der Waals surface area contributed by atoms with Crippen LogP contribution in [0.2, 0.25) is 0 Å². The number of hydrogen-bond acceptors (Lipinski definition) is 2. The molecule has 0 saturated carbocycles. The predicted octanol–water partition coefficient (Wildman–Crippen LogP) is 3.24. The maximum atomic E-state index is 12.3. The Labute approximate surface area is 124 Å². The molecule has 0 radical (unpaired) electrons. The van der Waals surface area contributed by atoms with Crippen molar-refractivity contribution in [3.63, 3.8) is 0 Å². The zero-order chi connectivity index (χ0) is 14.8. The number of para-hydroxylation sites is 1. The van der Waals surface area contributed by atoms with E-state index in [9.17, 15) is 4.79 Å². The molecule has 0 aliphatic carbocycles. The maximum absolute atomic E-state index is 12.3. The van der Waals surface area contributed by atoms with E-state index in [0.29, 0.717) is 12.8 Å². The predicted molar refractivity (Wildman–Crippen MR) is 84.3 cm³/mol. The summed E-state index contributed by atoms with van der Waals surface area (Å²) in [5, 5.41) is 5.55. The third-order valence-electron chi connectivity index (χ3n) is 3.68. The second-order valence-electron chi connectivity index (χ2n) is 5.47. The van der Waals surface area contributed by atoms with Gasteiger partial charge in [0.2, 0.25) is 0 Å². The van der Waals surface area contributed by atoms with Crippen LogP contribution >= 0.6 is 0 Å².